The molecule has 0 radical (unpaired) electrons. The molecule has 0 spiro atoms. The summed E-state index contributed by atoms with van der Waals surface area (Å²) >= 11 is 0. The second-order valence-corrected chi connectivity index (χ2v) is 40.2. The van der Waals surface area contributed by atoms with Gasteiger partial charge in [-0.2, -0.15) is 18.3 Å². The van der Waals surface area contributed by atoms with E-state index in [2.05, 4.69) is 327 Å². The number of benzene rings is 6. The molecule has 3 N–H and O–H groups in total. The van der Waals surface area contributed by atoms with Crippen molar-refractivity contribution in [3.63, 3.8) is 0 Å². The standard InChI is InChI=1S/C21H27N2O2.C20H25N3O.C19H27N3OP4.C19H22N2O2.C17H20N2.C11H15NO.C6H7N.BrH.3ClH/c1-4-23(5-2)20-11-9-18(10-12-20)7-8-19-13-15-22(16-14-19)17-21(24)25-6-3;1-4-23(5-2)19-10-8-17(9-11-19)6-7-18-12-14-22(15-13-18)16-20(24)21-3;1-3-22(4-2)18-9-7-16(8-10-18)5-6-17-11-13-21(14-12-17)15-19(23)20-27(25)26-24;1-3-21(4-2)18-9-7-16(8-10-18)5-6-17-11-13-20(14-12-17)15-19(22)23;1-3-19(4-2)17-9-7-15(8-10-17)5-6-16-11-13-18-14-12-16;1-3-12(4-2)11-7-5-10(9-13)6-8-11;1-6-2-4-7-5-3-6;;;;/h7-16H,4-6,17H2,1-3H3;6-15H,4-5,16H2,1-3H3;5-14,26H,3-4,15,24-25H2,1-2H3;5-14H,3-4,15H2,1-2H3;5-14H,3-4H2,1-2H3;5-9H,3-4H2,1-2H3;2-5H,1H3;4*1H/q+1;;;;;;;;;;/b;;;;6-5+;;;;;;. The fraction of sp³-hybridized carbons (Fsp3) is 0.283. The first-order valence-electron chi connectivity index (χ1n) is 47.6. The summed E-state index contributed by atoms with van der Waals surface area (Å²) in [6.07, 6.45) is 44.0. The molecule has 12 aromatic rings. The van der Waals surface area contributed by atoms with Crippen LogP contribution in [0.3, 0.4) is 0 Å². The predicted molar refractivity (Wildman–Crippen MR) is 601 cm³/mol. The highest BCUT2D eigenvalue weighted by Crippen LogP contribution is 2.62. The largest absolute Gasteiger partial charge is 1.00 e. The van der Waals surface area contributed by atoms with Gasteiger partial charge in [0.2, 0.25) is 26.2 Å². The van der Waals surface area contributed by atoms with Crippen molar-refractivity contribution in [1.82, 2.24) is 20.4 Å². The summed E-state index contributed by atoms with van der Waals surface area (Å²) in [5.41, 5.74) is 20.8. The van der Waals surface area contributed by atoms with Gasteiger partial charge in [0.25, 0.3) is 11.8 Å². The van der Waals surface area contributed by atoms with Crippen molar-refractivity contribution in [2.75, 3.05) is 122 Å². The van der Waals surface area contributed by atoms with Crippen LogP contribution in [0.4, 0.5) is 34.1 Å². The summed E-state index contributed by atoms with van der Waals surface area (Å²) in [5.74, 6) is -1.01. The van der Waals surface area contributed by atoms with Crippen LogP contribution in [0.2, 0.25) is 0 Å². The van der Waals surface area contributed by atoms with Crippen LogP contribution in [0.5, 0.6) is 0 Å². The third-order valence-corrected chi connectivity index (χ3v) is 30.9. The first-order chi connectivity index (χ1) is 67.0. The first-order valence-corrected chi connectivity index (χ1v) is 54.2. The third-order valence-electron chi connectivity index (χ3n) is 22.1. The number of aldehydes is 1. The van der Waals surface area contributed by atoms with Gasteiger partial charge in [-0.05, 0) is 267 Å². The normalized spacial score (nSPS) is 10.7. The van der Waals surface area contributed by atoms with E-state index >= 15 is 0 Å². The minimum absolute atomic E-state index is 0. The summed E-state index contributed by atoms with van der Waals surface area (Å²) < 4.78 is 12.1. The van der Waals surface area contributed by atoms with E-state index in [4.69, 9.17) is 9.84 Å². The van der Waals surface area contributed by atoms with Crippen LogP contribution in [-0.4, -0.2) is 137 Å². The minimum Gasteiger partial charge on any atom is -1.00 e. The molecule has 0 aliphatic heterocycles. The van der Waals surface area contributed by atoms with E-state index in [9.17, 15) is 24.0 Å². The van der Waals surface area contributed by atoms with Crippen LogP contribution in [-0.2, 0) is 50.1 Å². The molecule has 29 heteroatoms. The van der Waals surface area contributed by atoms with Gasteiger partial charge in [0.05, 0.1) is 6.61 Å². The minimum atomic E-state index is -0.841. The Morgan fingerprint density at radius 1 is 0.338 bits per heavy atom. The zero-order valence-electron chi connectivity index (χ0n) is 85.0. The SMILES string of the molecule is Br.CCN(CC)c1ccc(/C=C/c2cc[n+](CC(=O)NC)cc2)cc1.CCN(CC)c1ccc(/C=C/c2cc[n+](CC(=O)NP(P)PP)cc2)cc1.CCN(CC)c1ccc(/C=C/c2cc[n+](CC(=O)O)cc2)cc1.CCN(CC)c1ccc(/C=C/c2ccncc2)cc1.CCN(CC)c1ccc(C=O)cc1.CCOC(=O)C[n+]1ccc(/C=C/c2ccc(N(CC)CC)cc2)cc1.Cc1ccncc1.[Cl-].[Cl-].[Cl-]. The molecule has 0 bridgehead atoms. The number of carboxylic acid groups (broad SMARTS) is 1. The number of anilines is 6. The van der Waals surface area contributed by atoms with Crippen molar-refractivity contribution >= 4 is 175 Å². The van der Waals surface area contributed by atoms with Crippen molar-refractivity contribution in [1.29, 1.82) is 0 Å². The topological polar surface area (TPSA) is 200 Å². The second kappa shape index (κ2) is 74.3. The van der Waals surface area contributed by atoms with E-state index in [0.29, 0.717) is 27.7 Å². The number of amides is 2. The maximum Gasteiger partial charge on any atom is 0.372 e. The number of pyridine rings is 6. The van der Waals surface area contributed by atoms with Crippen molar-refractivity contribution in [3.05, 3.63) is 360 Å². The predicted octanol–water partition coefficient (Wildman–Crippen LogP) is 13.5. The summed E-state index contributed by atoms with van der Waals surface area (Å²) in [4.78, 5) is 77.6. The molecule has 0 aliphatic carbocycles. The number of esters is 1. The van der Waals surface area contributed by atoms with Crippen molar-refractivity contribution in [2.45, 2.75) is 123 Å². The Labute approximate surface area is 882 Å². The van der Waals surface area contributed by atoms with E-state index in [-0.39, 0.29) is 85.1 Å². The molecule has 6 heterocycles. The lowest BCUT2D eigenvalue weighted by atomic mass is 10.1. The Hall–Kier alpha value is -11.7. The van der Waals surface area contributed by atoms with Crippen LogP contribution in [0.15, 0.2) is 293 Å². The molecular weight excluding hydrogens is 1980 g/mol. The Balaban J connectivity index is 0.000000569. The highest BCUT2D eigenvalue weighted by atomic mass is 79.9. The first kappa shape index (κ1) is 126. The average Bonchev–Trinajstić information content (AvgIpc) is 0.836. The van der Waals surface area contributed by atoms with Gasteiger partial charge in [0, 0.05) is 206 Å². The van der Waals surface area contributed by atoms with E-state index in [1.807, 2.05) is 180 Å². The number of nitrogens with zero attached hydrogens (tertiary/aromatic N) is 12. The fourth-order valence-corrected chi connectivity index (χ4v) is 16.0. The quantitative estimate of drug-likeness (QED) is 0.0142. The Morgan fingerprint density at radius 2 is 0.549 bits per heavy atom. The molecule has 6 aromatic carbocycles. The highest BCUT2D eigenvalue weighted by Gasteiger charge is 2.15. The van der Waals surface area contributed by atoms with Gasteiger partial charge in [-0.3, -0.25) is 24.4 Å². The van der Waals surface area contributed by atoms with Crippen molar-refractivity contribution in [3.8, 4) is 0 Å². The molecule has 0 saturated carbocycles. The molecule has 0 aliphatic rings. The number of halogens is 4. The van der Waals surface area contributed by atoms with E-state index in [1.54, 1.807) is 36.4 Å². The van der Waals surface area contributed by atoms with Crippen LogP contribution < -0.4 is 95.3 Å². The summed E-state index contributed by atoms with van der Waals surface area (Å²) in [7, 11) is 7.19. The molecule has 0 fully saturated rings. The number of carbonyl (C=O) groups is 5. The number of aryl methyl sites for hydroxylation is 1. The average molecular weight is 2120 g/mol. The number of hydrogen-bond donors (Lipinski definition) is 3. The second-order valence-electron chi connectivity index (χ2n) is 31.3. The van der Waals surface area contributed by atoms with Crippen LogP contribution >= 0.6 is 50.2 Å². The fourth-order valence-electron chi connectivity index (χ4n) is 14.0. The smallest absolute Gasteiger partial charge is 0.372 e. The summed E-state index contributed by atoms with van der Waals surface area (Å²) in [6.45, 7) is 43.3. The van der Waals surface area contributed by atoms with Crippen LogP contribution in [0, 0.1) is 6.92 Å². The maximum atomic E-state index is 11.9. The molecule has 758 valence electrons. The zero-order valence-corrected chi connectivity index (χ0v) is 93.2. The number of aromatic nitrogens is 6. The lowest BCUT2D eigenvalue weighted by molar-refractivity contribution is -0.686. The van der Waals surface area contributed by atoms with Crippen molar-refractivity contribution < 1.29 is 89.3 Å². The molecule has 6 aromatic heterocycles. The van der Waals surface area contributed by atoms with Gasteiger partial charge in [0.15, 0.2) is 49.6 Å². The lowest BCUT2D eigenvalue weighted by Crippen LogP contribution is -3.00. The third kappa shape index (κ3) is 48.9. The lowest BCUT2D eigenvalue weighted by Gasteiger charge is -2.20. The molecule has 4 atom stereocenters. The molecular formula is C113H147BrCl3N14O7P4+. The number of ether oxygens (including phenoxy) is 1. The number of carbonyl (C=O) groups excluding carboxylic acids is 4. The highest BCUT2D eigenvalue weighted by molar-refractivity contribution is 8.93. The van der Waals surface area contributed by atoms with Crippen molar-refractivity contribution in [2.24, 2.45) is 0 Å². The number of carboxylic acids is 1. The Morgan fingerprint density at radius 3 is 0.754 bits per heavy atom. The molecule has 21 nitrogen and oxygen atoms in total. The molecule has 0 saturated heterocycles. The Kier molecular flexibility index (Phi) is 66.1. The van der Waals surface area contributed by atoms with Gasteiger partial charge in [-0.15, -0.1) is 25.9 Å². The monoisotopic (exact) mass is 2120 g/mol. The summed E-state index contributed by atoms with van der Waals surface area (Å²) in [5, 5.41) is 14.4. The number of nitrogens with one attached hydrogen (secondary N) is 2. The summed E-state index contributed by atoms with van der Waals surface area (Å²) in [6, 6.07) is 74.4. The van der Waals surface area contributed by atoms with Gasteiger partial charge < -0.3 is 86.9 Å². The van der Waals surface area contributed by atoms with Crippen LogP contribution in [0.25, 0.3) is 60.8 Å². The maximum absolute atomic E-state index is 11.9. The van der Waals surface area contributed by atoms with Gasteiger partial charge in [0.1, 0.15) is 6.29 Å². The van der Waals surface area contributed by atoms with E-state index in [0.717, 1.165) is 118 Å². The number of hydrogen-bond acceptors (Lipinski definition) is 14. The number of likely N-dealkylation sites (N-methyl/N-ethyl adjacent to an activating group) is 1. The van der Waals surface area contributed by atoms with Crippen LogP contribution in [0.1, 0.15) is 162 Å². The van der Waals surface area contributed by atoms with E-state index < -0.39 is 13.4 Å². The number of rotatable bonds is 40. The molecule has 4 unspecified atom stereocenters. The molecule has 12 rings (SSSR count). The van der Waals surface area contributed by atoms with Gasteiger partial charge >= 0.3 is 11.9 Å². The number of aliphatic carboxylic acids is 1. The van der Waals surface area contributed by atoms with Gasteiger partial charge in [-0.1, -0.05) is 138 Å². The molecule has 2 amide bonds. The van der Waals surface area contributed by atoms with E-state index in [1.165, 1.54) is 67.5 Å². The zero-order chi connectivity index (χ0) is 100. The Bertz CT molecular complexity index is 5600. The molecule has 142 heavy (non-hydrogen) atoms. The van der Waals surface area contributed by atoms with Gasteiger partial charge in [-0.25, -0.2) is 9.59 Å².